The second-order valence-corrected chi connectivity index (χ2v) is 9.59. The number of piperidine rings is 1. The predicted octanol–water partition coefficient (Wildman–Crippen LogP) is 4.23. The second-order valence-electron chi connectivity index (χ2n) is 7.65. The first-order valence-corrected chi connectivity index (χ1v) is 11.8. The quantitative estimate of drug-likeness (QED) is 0.432. The molecule has 1 heterocycles. The minimum atomic E-state index is -3.64. The van der Waals surface area contributed by atoms with Crippen LogP contribution in [0, 0.1) is 17.2 Å². The fourth-order valence-corrected chi connectivity index (χ4v) is 5.29. The van der Waals surface area contributed by atoms with Crippen LogP contribution in [-0.4, -0.2) is 31.8 Å². The van der Waals surface area contributed by atoms with E-state index in [2.05, 4.69) is 6.07 Å². The number of hydrogen-bond acceptors (Lipinski definition) is 5. The lowest BCUT2D eigenvalue weighted by Crippen LogP contribution is -2.43. The lowest BCUT2D eigenvalue weighted by Gasteiger charge is -2.30. The number of carbonyl (C=O) groups excluding carboxylic acids is 1. The highest BCUT2D eigenvalue weighted by atomic mass is 32.2. The molecule has 1 unspecified atom stereocenters. The highest BCUT2D eigenvalue weighted by molar-refractivity contribution is 7.89. The van der Waals surface area contributed by atoms with Crippen LogP contribution in [0.1, 0.15) is 18.4 Å². The Morgan fingerprint density at radius 3 is 2.19 bits per heavy atom. The van der Waals surface area contributed by atoms with E-state index in [0.29, 0.717) is 30.7 Å². The van der Waals surface area contributed by atoms with Gasteiger partial charge < -0.3 is 4.74 Å². The summed E-state index contributed by atoms with van der Waals surface area (Å²) < 4.78 is 32.7. The van der Waals surface area contributed by atoms with Gasteiger partial charge in [0.15, 0.2) is 0 Å². The number of nitriles is 1. The van der Waals surface area contributed by atoms with Gasteiger partial charge in [0.05, 0.1) is 22.4 Å². The summed E-state index contributed by atoms with van der Waals surface area (Å²) in [6.07, 6.45) is 1.19. The van der Waals surface area contributed by atoms with Gasteiger partial charge in [-0.1, -0.05) is 42.5 Å². The molecular formula is C25H22N2O4S. The Hall–Kier alpha value is -3.47. The first-order chi connectivity index (χ1) is 15.5. The standard InChI is InChI=1S/C25H22N2O4S/c26-17-19-8-10-20(11-9-19)21-12-14-23(15-13-21)31-25(28)22-5-4-16-27(18-22)32(29,30)24-6-2-1-3-7-24/h1-3,6-15,22H,4-5,16,18H2. The second kappa shape index (κ2) is 9.35. The van der Waals surface area contributed by atoms with Gasteiger partial charge in [-0.3, -0.25) is 4.79 Å². The van der Waals surface area contributed by atoms with Gasteiger partial charge >= 0.3 is 5.97 Å². The Bertz CT molecular complexity index is 1230. The van der Waals surface area contributed by atoms with Gasteiger partial charge in [0.1, 0.15) is 5.75 Å². The van der Waals surface area contributed by atoms with Gasteiger partial charge in [0.2, 0.25) is 10.0 Å². The van der Waals surface area contributed by atoms with Crippen molar-refractivity contribution in [3.63, 3.8) is 0 Å². The number of esters is 1. The summed E-state index contributed by atoms with van der Waals surface area (Å²) in [4.78, 5) is 13.0. The zero-order valence-electron chi connectivity index (χ0n) is 17.3. The van der Waals surface area contributed by atoms with Crippen molar-refractivity contribution in [2.45, 2.75) is 17.7 Å². The largest absolute Gasteiger partial charge is 0.426 e. The van der Waals surface area contributed by atoms with E-state index in [1.807, 2.05) is 24.3 Å². The maximum Gasteiger partial charge on any atom is 0.315 e. The Labute approximate surface area is 187 Å². The molecule has 0 bridgehead atoms. The van der Waals surface area contributed by atoms with Gasteiger partial charge in [-0.2, -0.15) is 9.57 Å². The molecule has 1 aliphatic rings. The number of sulfonamides is 1. The van der Waals surface area contributed by atoms with Crippen molar-refractivity contribution < 1.29 is 17.9 Å². The molecule has 3 aromatic carbocycles. The summed E-state index contributed by atoms with van der Waals surface area (Å²) in [6, 6.07) is 24.7. The van der Waals surface area contributed by atoms with Crippen LogP contribution in [0.5, 0.6) is 5.75 Å². The summed E-state index contributed by atoms with van der Waals surface area (Å²) >= 11 is 0. The number of hydrogen-bond donors (Lipinski definition) is 0. The molecule has 3 aromatic rings. The number of rotatable bonds is 5. The summed E-state index contributed by atoms with van der Waals surface area (Å²) in [5.74, 6) is -0.528. The molecule has 0 aliphatic carbocycles. The smallest absolute Gasteiger partial charge is 0.315 e. The molecule has 0 N–H and O–H groups in total. The van der Waals surface area contributed by atoms with Crippen LogP contribution < -0.4 is 4.74 Å². The minimum Gasteiger partial charge on any atom is -0.426 e. The van der Waals surface area contributed by atoms with Gasteiger partial charge in [-0.15, -0.1) is 0 Å². The van der Waals surface area contributed by atoms with Gasteiger partial charge in [-0.25, -0.2) is 8.42 Å². The lowest BCUT2D eigenvalue weighted by molar-refractivity contribution is -0.140. The van der Waals surface area contributed by atoms with Crippen LogP contribution in [0.15, 0.2) is 83.8 Å². The summed E-state index contributed by atoms with van der Waals surface area (Å²) in [5, 5.41) is 8.91. The molecule has 1 atom stereocenters. The fourth-order valence-electron chi connectivity index (χ4n) is 3.75. The van der Waals surface area contributed by atoms with Crippen molar-refractivity contribution in [2.75, 3.05) is 13.1 Å². The third-order valence-electron chi connectivity index (χ3n) is 5.52. The van der Waals surface area contributed by atoms with Crippen LogP contribution in [0.4, 0.5) is 0 Å². The van der Waals surface area contributed by atoms with Crippen molar-refractivity contribution in [3.8, 4) is 22.9 Å². The van der Waals surface area contributed by atoms with Crippen LogP contribution in [0.25, 0.3) is 11.1 Å². The topological polar surface area (TPSA) is 87.5 Å². The average molecular weight is 447 g/mol. The monoisotopic (exact) mass is 446 g/mol. The highest BCUT2D eigenvalue weighted by Gasteiger charge is 2.34. The molecule has 1 aliphatic heterocycles. The molecule has 0 spiro atoms. The number of carbonyl (C=O) groups is 1. The van der Waals surface area contributed by atoms with Crippen molar-refractivity contribution in [3.05, 3.63) is 84.4 Å². The highest BCUT2D eigenvalue weighted by Crippen LogP contribution is 2.27. The number of ether oxygens (including phenoxy) is 1. The van der Waals surface area contributed by atoms with E-state index in [1.165, 1.54) is 4.31 Å². The number of benzene rings is 3. The van der Waals surface area contributed by atoms with Crippen LogP contribution in [-0.2, 0) is 14.8 Å². The van der Waals surface area contributed by atoms with E-state index in [1.54, 1.807) is 54.6 Å². The maximum atomic E-state index is 12.9. The normalized spacial score (nSPS) is 16.8. The van der Waals surface area contributed by atoms with Crippen molar-refractivity contribution in [1.29, 1.82) is 5.26 Å². The zero-order chi connectivity index (χ0) is 22.6. The van der Waals surface area contributed by atoms with Crippen LogP contribution in [0.3, 0.4) is 0 Å². The molecule has 0 aromatic heterocycles. The first-order valence-electron chi connectivity index (χ1n) is 10.3. The summed E-state index contributed by atoms with van der Waals surface area (Å²) in [5.41, 5.74) is 2.48. The van der Waals surface area contributed by atoms with E-state index >= 15 is 0 Å². The zero-order valence-corrected chi connectivity index (χ0v) is 18.2. The summed E-state index contributed by atoms with van der Waals surface area (Å²) in [6.45, 7) is 0.500. The molecule has 1 fully saturated rings. The molecule has 4 rings (SSSR count). The molecule has 6 nitrogen and oxygen atoms in total. The Morgan fingerprint density at radius 1 is 0.938 bits per heavy atom. The molecule has 7 heteroatoms. The first kappa shape index (κ1) is 21.8. The molecule has 162 valence electrons. The van der Waals surface area contributed by atoms with E-state index < -0.39 is 21.9 Å². The number of nitrogens with zero attached hydrogens (tertiary/aromatic N) is 2. The minimum absolute atomic E-state index is 0.111. The van der Waals surface area contributed by atoms with Crippen molar-refractivity contribution in [2.24, 2.45) is 5.92 Å². The molecular weight excluding hydrogens is 424 g/mol. The van der Waals surface area contributed by atoms with Gasteiger partial charge in [0, 0.05) is 13.1 Å². The third kappa shape index (κ3) is 4.72. The Balaban J connectivity index is 1.41. The van der Waals surface area contributed by atoms with E-state index in [9.17, 15) is 13.2 Å². The molecule has 32 heavy (non-hydrogen) atoms. The molecule has 0 radical (unpaired) electrons. The van der Waals surface area contributed by atoms with Gasteiger partial charge in [0.25, 0.3) is 0 Å². The van der Waals surface area contributed by atoms with Crippen LogP contribution in [0.2, 0.25) is 0 Å². The average Bonchev–Trinajstić information content (AvgIpc) is 2.85. The maximum absolute atomic E-state index is 12.9. The Morgan fingerprint density at radius 2 is 1.56 bits per heavy atom. The fraction of sp³-hybridized carbons (Fsp3) is 0.200. The van der Waals surface area contributed by atoms with Gasteiger partial charge in [-0.05, 0) is 60.4 Å². The summed E-state index contributed by atoms with van der Waals surface area (Å²) in [7, 11) is -3.64. The predicted molar refractivity (Wildman–Crippen MR) is 120 cm³/mol. The van der Waals surface area contributed by atoms with E-state index in [-0.39, 0.29) is 11.4 Å². The lowest BCUT2D eigenvalue weighted by atomic mass is 10.00. The van der Waals surface area contributed by atoms with E-state index in [4.69, 9.17) is 10.00 Å². The third-order valence-corrected chi connectivity index (χ3v) is 7.40. The Kier molecular flexibility index (Phi) is 6.35. The SMILES string of the molecule is N#Cc1ccc(-c2ccc(OC(=O)C3CCCN(S(=O)(=O)c4ccccc4)C3)cc2)cc1. The molecule has 1 saturated heterocycles. The van der Waals surface area contributed by atoms with Crippen molar-refractivity contribution >= 4 is 16.0 Å². The van der Waals surface area contributed by atoms with E-state index in [0.717, 1.165) is 11.1 Å². The van der Waals surface area contributed by atoms with Crippen molar-refractivity contribution in [1.82, 2.24) is 4.31 Å². The molecule has 0 amide bonds. The van der Waals surface area contributed by atoms with Crippen LogP contribution >= 0.6 is 0 Å². The molecule has 0 saturated carbocycles.